The van der Waals surface area contributed by atoms with E-state index in [9.17, 15) is 19.5 Å². The van der Waals surface area contributed by atoms with Crippen molar-refractivity contribution >= 4 is 29.3 Å². The highest BCUT2D eigenvalue weighted by Gasteiger charge is 2.57. The molecule has 0 bridgehead atoms. The van der Waals surface area contributed by atoms with Crippen molar-refractivity contribution in [3.8, 4) is 0 Å². The molecule has 1 aromatic carbocycles. The largest absolute Gasteiger partial charge is 0.463 e. The molecule has 8 nitrogen and oxygen atoms in total. The Balaban J connectivity index is 2.46. The quantitative estimate of drug-likeness (QED) is 0.350. The van der Waals surface area contributed by atoms with E-state index in [0.717, 1.165) is 0 Å². The second-order valence-corrected chi connectivity index (χ2v) is 7.79. The molecule has 1 saturated carbocycles. The lowest BCUT2D eigenvalue weighted by Crippen LogP contribution is -2.55. The summed E-state index contributed by atoms with van der Waals surface area (Å²) in [6.45, 7) is 1.67. The Kier molecular flexibility index (Phi) is 8.78. The van der Waals surface area contributed by atoms with E-state index in [-0.39, 0.29) is 32.8 Å². The molecule has 1 fully saturated rings. The Morgan fingerprint density at radius 1 is 1.03 bits per heavy atom. The molecule has 0 unspecified atom stereocenters. The Bertz CT molecular complexity index is 746. The van der Waals surface area contributed by atoms with Gasteiger partial charge in [0.1, 0.15) is 19.1 Å². The third-order valence-corrected chi connectivity index (χ3v) is 5.35. The van der Waals surface area contributed by atoms with Gasteiger partial charge in [0.2, 0.25) is 0 Å². The second kappa shape index (κ2) is 10.9. The smallest absolute Gasteiger partial charge is 0.317 e. The summed E-state index contributed by atoms with van der Waals surface area (Å²) in [6, 6.07) is 6.41. The lowest BCUT2D eigenvalue weighted by atomic mass is 9.62. The van der Waals surface area contributed by atoms with Gasteiger partial charge >= 0.3 is 11.9 Å². The van der Waals surface area contributed by atoms with Crippen molar-refractivity contribution in [2.24, 2.45) is 11.8 Å². The maximum Gasteiger partial charge on any atom is 0.317 e. The van der Waals surface area contributed by atoms with Crippen LogP contribution in [0.15, 0.2) is 24.3 Å². The summed E-state index contributed by atoms with van der Waals surface area (Å²) in [5.41, 5.74) is -1.22. The topological polar surface area (TPSA) is 108 Å². The van der Waals surface area contributed by atoms with E-state index >= 15 is 0 Å². The van der Waals surface area contributed by atoms with E-state index in [1.807, 2.05) is 0 Å². The number of Topliss-reactive ketones (excluding diaryl/α,β-unsaturated/α-hetero) is 1. The number of ketones is 1. The van der Waals surface area contributed by atoms with Crippen LogP contribution in [0.1, 0.15) is 24.8 Å². The van der Waals surface area contributed by atoms with Gasteiger partial charge in [-0.15, -0.1) is 0 Å². The van der Waals surface area contributed by atoms with Crippen LogP contribution in [0.3, 0.4) is 0 Å². The summed E-state index contributed by atoms with van der Waals surface area (Å²) in [5.74, 6) is -5.44. The second-order valence-electron chi connectivity index (χ2n) is 7.35. The number of carbonyl (C=O) groups excluding carboxylic acids is 3. The Morgan fingerprint density at radius 2 is 1.57 bits per heavy atom. The maximum absolute atomic E-state index is 12.9. The number of carbonyl (C=O) groups is 3. The summed E-state index contributed by atoms with van der Waals surface area (Å²) in [4.78, 5) is 38.6. The molecule has 1 N–H and O–H groups in total. The highest BCUT2D eigenvalue weighted by atomic mass is 35.5. The van der Waals surface area contributed by atoms with Gasteiger partial charge < -0.3 is 24.1 Å². The molecule has 0 amide bonds. The van der Waals surface area contributed by atoms with Gasteiger partial charge in [-0.25, -0.2) is 0 Å². The molecule has 0 radical (unpaired) electrons. The predicted molar refractivity (Wildman–Crippen MR) is 107 cm³/mol. The minimum atomic E-state index is -1.71. The lowest BCUT2D eigenvalue weighted by Gasteiger charge is -2.43. The van der Waals surface area contributed by atoms with Gasteiger partial charge in [-0.2, -0.15) is 0 Å². The highest BCUT2D eigenvalue weighted by molar-refractivity contribution is 6.30. The van der Waals surface area contributed by atoms with Crippen LogP contribution < -0.4 is 0 Å². The van der Waals surface area contributed by atoms with E-state index in [1.54, 1.807) is 24.3 Å². The van der Waals surface area contributed by atoms with E-state index < -0.39 is 41.1 Å². The SMILES string of the molecule is COCCOC(=O)[C@@H]1C(=O)C[C@](C)(O)[C@H](C(=O)OCCOC)[C@H]1c1ccc(Cl)cc1. The minimum absolute atomic E-state index is 0.0217. The van der Waals surface area contributed by atoms with Gasteiger partial charge in [-0.1, -0.05) is 23.7 Å². The zero-order valence-corrected chi connectivity index (χ0v) is 18.0. The first-order valence-corrected chi connectivity index (χ1v) is 9.92. The van der Waals surface area contributed by atoms with Crippen LogP contribution >= 0.6 is 11.6 Å². The average molecular weight is 443 g/mol. The molecule has 1 aromatic rings. The Morgan fingerprint density at radius 3 is 2.10 bits per heavy atom. The van der Waals surface area contributed by atoms with Gasteiger partial charge in [-0.05, 0) is 24.6 Å². The van der Waals surface area contributed by atoms with Crippen molar-refractivity contribution in [1.29, 1.82) is 0 Å². The fraction of sp³-hybridized carbons (Fsp3) is 0.571. The number of hydrogen-bond donors (Lipinski definition) is 1. The van der Waals surface area contributed by atoms with Crippen LogP contribution in [0.2, 0.25) is 5.02 Å². The van der Waals surface area contributed by atoms with Gasteiger partial charge in [0.05, 0.1) is 24.7 Å². The molecule has 166 valence electrons. The third-order valence-electron chi connectivity index (χ3n) is 5.09. The molecule has 1 aliphatic rings. The average Bonchev–Trinajstić information content (AvgIpc) is 2.67. The van der Waals surface area contributed by atoms with Gasteiger partial charge in [0.25, 0.3) is 0 Å². The summed E-state index contributed by atoms with van der Waals surface area (Å²) in [5, 5.41) is 11.4. The molecule has 0 heterocycles. The van der Waals surface area contributed by atoms with Crippen LogP contribution in [0.5, 0.6) is 0 Å². The number of esters is 2. The first-order valence-electron chi connectivity index (χ1n) is 9.54. The van der Waals surface area contributed by atoms with Crippen molar-refractivity contribution in [3.05, 3.63) is 34.9 Å². The normalized spacial score (nSPS) is 26.3. The zero-order chi connectivity index (χ0) is 22.3. The van der Waals surface area contributed by atoms with E-state index in [2.05, 4.69) is 0 Å². The number of rotatable bonds is 9. The van der Waals surface area contributed by atoms with E-state index in [1.165, 1.54) is 21.1 Å². The number of hydrogen-bond acceptors (Lipinski definition) is 8. The summed E-state index contributed by atoms with van der Waals surface area (Å²) in [7, 11) is 2.92. The fourth-order valence-corrected chi connectivity index (χ4v) is 3.86. The molecule has 0 aromatic heterocycles. The van der Waals surface area contributed by atoms with Crippen LogP contribution in [-0.4, -0.2) is 69.1 Å². The van der Waals surface area contributed by atoms with Gasteiger partial charge in [0, 0.05) is 31.6 Å². The number of ether oxygens (including phenoxy) is 4. The number of aliphatic hydroxyl groups is 1. The van der Waals surface area contributed by atoms with Crippen molar-refractivity contribution in [1.82, 2.24) is 0 Å². The standard InChI is InChI=1S/C21H27ClO8/c1-21(26)12-15(23)17(19(24)29-10-8-27-2)16(13-4-6-14(22)7-5-13)18(21)20(25)30-11-9-28-3/h4-7,16-18,26H,8-12H2,1-3H3/t16-,17+,18-,21-/m0/s1. The Hall–Kier alpha value is -2.00. The summed E-state index contributed by atoms with van der Waals surface area (Å²) < 4.78 is 20.2. The van der Waals surface area contributed by atoms with Crippen molar-refractivity contribution in [2.75, 3.05) is 40.6 Å². The van der Waals surface area contributed by atoms with E-state index in [0.29, 0.717) is 10.6 Å². The van der Waals surface area contributed by atoms with Crippen molar-refractivity contribution < 1.29 is 38.4 Å². The molecule has 0 aliphatic heterocycles. The monoisotopic (exact) mass is 442 g/mol. The maximum atomic E-state index is 12.9. The zero-order valence-electron chi connectivity index (χ0n) is 17.3. The predicted octanol–water partition coefficient (Wildman–Crippen LogP) is 1.76. The van der Waals surface area contributed by atoms with Crippen LogP contribution in [0.4, 0.5) is 0 Å². The number of halogens is 1. The molecular weight excluding hydrogens is 416 g/mol. The molecule has 2 rings (SSSR count). The highest BCUT2D eigenvalue weighted by Crippen LogP contribution is 2.46. The van der Waals surface area contributed by atoms with Gasteiger partial charge in [0.15, 0.2) is 5.78 Å². The van der Waals surface area contributed by atoms with Crippen LogP contribution in [0.25, 0.3) is 0 Å². The molecule has 4 atom stereocenters. The first kappa shape index (κ1) is 24.3. The Labute approximate surface area is 180 Å². The molecule has 9 heteroatoms. The van der Waals surface area contributed by atoms with E-state index in [4.69, 9.17) is 30.5 Å². The molecule has 30 heavy (non-hydrogen) atoms. The molecule has 0 saturated heterocycles. The summed E-state index contributed by atoms with van der Waals surface area (Å²) >= 11 is 5.97. The number of methoxy groups -OCH3 is 2. The number of benzene rings is 1. The molecule has 1 aliphatic carbocycles. The van der Waals surface area contributed by atoms with Crippen LogP contribution in [-0.2, 0) is 33.3 Å². The first-order chi connectivity index (χ1) is 14.2. The third kappa shape index (κ3) is 5.78. The van der Waals surface area contributed by atoms with Crippen molar-refractivity contribution in [2.45, 2.75) is 24.9 Å². The van der Waals surface area contributed by atoms with Crippen molar-refractivity contribution in [3.63, 3.8) is 0 Å². The van der Waals surface area contributed by atoms with Gasteiger partial charge in [-0.3, -0.25) is 14.4 Å². The minimum Gasteiger partial charge on any atom is -0.463 e. The lowest BCUT2D eigenvalue weighted by molar-refractivity contribution is -0.174. The molecular formula is C21H27ClO8. The van der Waals surface area contributed by atoms with Crippen LogP contribution in [0, 0.1) is 11.8 Å². The summed E-state index contributed by atoms with van der Waals surface area (Å²) in [6.07, 6.45) is -0.384. The molecule has 0 spiro atoms. The fourth-order valence-electron chi connectivity index (χ4n) is 3.73.